The number of hydrogen-bond donors (Lipinski definition) is 1. The fourth-order valence-electron chi connectivity index (χ4n) is 1.78. The molecule has 0 bridgehead atoms. The smallest absolute Gasteiger partial charge is 0.223 e. The Morgan fingerprint density at radius 3 is 3.07 bits per heavy atom. The van der Waals surface area contributed by atoms with Gasteiger partial charge in [-0.15, -0.1) is 0 Å². The first kappa shape index (κ1) is 10.6. The molecule has 2 heterocycles. The number of rotatable bonds is 4. The third-order valence-electron chi connectivity index (χ3n) is 2.82. The molecule has 1 aliphatic heterocycles. The lowest BCUT2D eigenvalue weighted by Crippen LogP contribution is -2.33. The number of nitrogens with zero attached hydrogens (tertiary/aromatic N) is 2. The lowest BCUT2D eigenvalue weighted by molar-refractivity contribution is 0.178. The molecule has 0 aromatic carbocycles. The van der Waals surface area contributed by atoms with Crippen molar-refractivity contribution in [1.29, 1.82) is 0 Å². The maximum atomic E-state index is 5.34. The van der Waals surface area contributed by atoms with Gasteiger partial charge in [-0.1, -0.05) is 5.16 Å². The number of nitrogens with one attached hydrogen (secondary N) is 1. The molecule has 0 spiro atoms. The topological polar surface area (TPSA) is 60.2 Å². The van der Waals surface area contributed by atoms with Gasteiger partial charge in [-0.2, -0.15) is 4.98 Å². The molecule has 1 aromatic rings. The Balaban J connectivity index is 1.77. The number of ether oxygens (including phenoxy) is 1. The molecule has 2 atom stereocenters. The van der Waals surface area contributed by atoms with Crippen LogP contribution in [0.1, 0.15) is 25.1 Å². The number of aryl methyl sites for hydroxylation is 1. The molecule has 1 N–H and O–H groups in total. The molecule has 0 saturated carbocycles. The Bertz CT molecular complexity index is 307. The average Bonchev–Trinajstić information content (AvgIpc) is 2.84. The second-order valence-corrected chi connectivity index (χ2v) is 4.02. The van der Waals surface area contributed by atoms with Gasteiger partial charge in [-0.3, -0.25) is 0 Å². The fraction of sp³-hybridized carbons (Fsp3) is 0.800. The summed E-state index contributed by atoms with van der Waals surface area (Å²) in [7, 11) is 0. The molecule has 1 saturated heterocycles. The standard InChI is InChI=1S/C10H17N3O2/c1-7(9-3-4-14-6-9)11-5-10-12-8(2)15-13-10/h7,9,11H,3-6H2,1-2H3/t7-,9+/m0/s1. The van der Waals surface area contributed by atoms with E-state index in [1.165, 1.54) is 0 Å². The Labute approximate surface area is 89.2 Å². The molecule has 1 fully saturated rings. The van der Waals surface area contributed by atoms with Gasteiger partial charge >= 0.3 is 0 Å². The lowest BCUT2D eigenvalue weighted by atomic mass is 10.0. The van der Waals surface area contributed by atoms with Crippen LogP contribution in [-0.4, -0.2) is 29.4 Å². The number of aromatic nitrogens is 2. The normalized spacial score (nSPS) is 23.2. The van der Waals surface area contributed by atoms with Crippen LogP contribution in [0.2, 0.25) is 0 Å². The van der Waals surface area contributed by atoms with E-state index in [9.17, 15) is 0 Å². The molecule has 5 heteroatoms. The summed E-state index contributed by atoms with van der Waals surface area (Å²) in [4.78, 5) is 4.14. The van der Waals surface area contributed by atoms with Gasteiger partial charge in [0.05, 0.1) is 13.2 Å². The summed E-state index contributed by atoms with van der Waals surface area (Å²) >= 11 is 0. The first-order valence-electron chi connectivity index (χ1n) is 5.36. The summed E-state index contributed by atoms with van der Waals surface area (Å²) in [6.45, 7) is 6.38. The van der Waals surface area contributed by atoms with Crippen molar-refractivity contribution >= 4 is 0 Å². The molecule has 84 valence electrons. The number of hydrogen-bond acceptors (Lipinski definition) is 5. The minimum Gasteiger partial charge on any atom is -0.381 e. The van der Waals surface area contributed by atoms with Gasteiger partial charge in [0.15, 0.2) is 5.82 Å². The predicted octanol–water partition coefficient (Wildman–Crippen LogP) is 0.893. The van der Waals surface area contributed by atoms with Crippen LogP contribution in [0.3, 0.4) is 0 Å². The van der Waals surface area contributed by atoms with Crippen molar-refractivity contribution in [3.05, 3.63) is 11.7 Å². The van der Waals surface area contributed by atoms with Crippen molar-refractivity contribution < 1.29 is 9.26 Å². The molecule has 2 rings (SSSR count). The lowest BCUT2D eigenvalue weighted by Gasteiger charge is -2.17. The van der Waals surface area contributed by atoms with Crippen LogP contribution < -0.4 is 5.32 Å². The van der Waals surface area contributed by atoms with E-state index in [4.69, 9.17) is 9.26 Å². The van der Waals surface area contributed by atoms with Crippen LogP contribution in [0.15, 0.2) is 4.52 Å². The monoisotopic (exact) mass is 211 g/mol. The quantitative estimate of drug-likeness (QED) is 0.801. The molecular formula is C10H17N3O2. The van der Waals surface area contributed by atoms with Gasteiger partial charge in [-0.05, 0) is 19.3 Å². The van der Waals surface area contributed by atoms with Crippen molar-refractivity contribution in [2.45, 2.75) is 32.9 Å². The summed E-state index contributed by atoms with van der Waals surface area (Å²) < 4.78 is 10.2. The molecule has 0 aliphatic carbocycles. The minimum atomic E-state index is 0.436. The average molecular weight is 211 g/mol. The van der Waals surface area contributed by atoms with E-state index in [1.807, 2.05) is 0 Å². The van der Waals surface area contributed by atoms with Gasteiger partial charge in [0, 0.05) is 19.6 Å². The van der Waals surface area contributed by atoms with E-state index in [-0.39, 0.29) is 0 Å². The van der Waals surface area contributed by atoms with E-state index in [0.29, 0.717) is 24.4 Å². The van der Waals surface area contributed by atoms with Gasteiger partial charge in [-0.25, -0.2) is 0 Å². The van der Waals surface area contributed by atoms with Crippen LogP contribution in [-0.2, 0) is 11.3 Å². The van der Waals surface area contributed by atoms with Crippen molar-refractivity contribution in [3.63, 3.8) is 0 Å². The van der Waals surface area contributed by atoms with E-state index < -0.39 is 0 Å². The molecule has 5 nitrogen and oxygen atoms in total. The molecule has 1 aliphatic rings. The second-order valence-electron chi connectivity index (χ2n) is 4.02. The highest BCUT2D eigenvalue weighted by molar-refractivity contribution is 4.85. The predicted molar refractivity (Wildman–Crippen MR) is 54.3 cm³/mol. The minimum absolute atomic E-state index is 0.436. The van der Waals surface area contributed by atoms with Crippen LogP contribution in [0.25, 0.3) is 0 Å². The van der Waals surface area contributed by atoms with Crippen molar-refractivity contribution in [3.8, 4) is 0 Å². The highest BCUT2D eigenvalue weighted by Gasteiger charge is 2.22. The summed E-state index contributed by atoms with van der Waals surface area (Å²) in [6.07, 6.45) is 1.14. The summed E-state index contributed by atoms with van der Waals surface area (Å²) in [6, 6.07) is 0.436. The molecule has 15 heavy (non-hydrogen) atoms. The maximum absolute atomic E-state index is 5.34. The molecule has 0 unspecified atom stereocenters. The van der Waals surface area contributed by atoms with Crippen LogP contribution in [0.5, 0.6) is 0 Å². The van der Waals surface area contributed by atoms with Crippen LogP contribution in [0.4, 0.5) is 0 Å². The van der Waals surface area contributed by atoms with E-state index in [2.05, 4.69) is 22.4 Å². The van der Waals surface area contributed by atoms with E-state index in [1.54, 1.807) is 6.92 Å². The Morgan fingerprint density at radius 2 is 2.47 bits per heavy atom. The van der Waals surface area contributed by atoms with Crippen molar-refractivity contribution in [2.75, 3.05) is 13.2 Å². The first-order chi connectivity index (χ1) is 7.25. The van der Waals surface area contributed by atoms with Gasteiger partial charge in [0.1, 0.15) is 0 Å². The highest BCUT2D eigenvalue weighted by atomic mass is 16.5. The molecule has 0 radical (unpaired) electrons. The van der Waals surface area contributed by atoms with E-state index in [0.717, 1.165) is 25.5 Å². The highest BCUT2D eigenvalue weighted by Crippen LogP contribution is 2.16. The third kappa shape index (κ3) is 2.76. The third-order valence-corrected chi connectivity index (χ3v) is 2.82. The van der Waals surface area contributed by atoms with Gasteiger partial charge < -0.3 is 14.6 Å². The van der Waals surface area contributed by atoms with E-state index >= 15 is 0 Å². The molecular weight excluding hydrogens is 194 g/mol. The Hall–Kier alpha value is -0.940. The largest absolute Gasteiger partial charge is 0.381 e. The second kappa shape index (κ2) is 4.72. The zero-order valence-corrected chi connectivity index (χ0v) is 9.19. The SMILES string of the molecule is Cc1nc(CN[C@@H](C)[C@@H]2CCOC2)no1. The van der Waals surface area contributed by atoms with Gasteiger partial charge in [0.2, 0.25) is 5.89 Å². The summed E-state index contributed by atoms with van der Waals surface area (Å²) in [5.74, 6) is 1.94. The van der Waals surface area contributed by atoms with Crippen LogP contribution in [0, 0.1) is 12.8 Å². The van der Waals surface area contributed by atoms with Crippen molar-refractivity contribution in [1.82, 2.24) is 15.5 Å². The van der Waals surface area contributed by atoms with Gasteiger partial charge in [0.25, 0.3) is 0 Å². The molecule has 1 aromatic heterocycles. The van der Waals surface area contributed by atoms with Crippen LogP contribution >= 0.6 is 0 Å². The summed E-state index contributed by atoms with van der Waals surface area (Å²) in [5.41, 5.74) is 0. The first-order valence-corrected chi connectivity index (χ1v) is 5.36. The maximum Gasteiger partial charge on any atom is 0.223 e. The molecule has 0 amide bonds. The Morgan fingerprint density at radius 1 is 1.60 bits per heavy atom. The fourth-order valence-corrected chi connectivity index (χ4v) is 1.78. The Kier molecular flexibility index (Phi) is 3.33. The summed E-state index contributed by atoms with van der Waals surface area (Å²) in [5, 5.41) is 7.22. The zero-order chi connectivity index (χ0) is 10.7. The van der Waals surface area contributed by atoms with Crippen molar-refractivity contribution in [2.24, 2.45) is 5.92 Å². The zero-order valence-electron chi connectivity index (χ0n) is 9.19.